The van der Waals surface area contributed by atoms with E-state index in [-0.39, 0.29) is 213 Å². The third-order valence-corrected chi connectivity index (χ3v) is 33.4. The molecule has 13 atom stereocenters. The van der Waals surface area contributed by atoms with Gasteiger partial charge in [-0.2, -0.15) is 24.9 Å². The van der Waals surface area contributed by atoms with E-state index in [1.54, 1.807) is 92.1 Å². The van der Waals surface area contributed by atoms with Gasteiger partial charge in [0.25, 0.3) is 27.8 Å². The van der Waals surface area contributed by atoms with Crippen LogP contribution in [-0.4, -0.2) is 287 Å². The van der Waals surface area contributed by atoms with Crippen LogP contribution in [0.4, 0.5) is 29.7 Å². The first kappa shape index (κ1) is 125. The highest BCUT2D eigenvalue weighted by atomic mass is 31.2. The van der Waals surface area contributed by atoms with Gasteiger partial charge < -0.3 is 79.9 Å². The first-order valence-electron chi connectivity index (χ1n) is 47.1. The predicted molar refractivity (Wildman–Crippen MR) is 555 cm³/mol. The van der Waals surface area contributed by atoms with E-state index >= 15 is 0 Å². The van der Waals surface area contributed by atoms with Gasteiger partial charge in [0.2, 0.25) is 67.0 Å². The largest absolute Gasteiger partial charge is 0.461 e. The number of nitrogen functional groups attached to an aromatic ring is 5. The number of carbonyl (C=O) groups excluding carboxylic acids is 10. The lowest BCUT2D eigenvalue weighted by molar-refractivity contribution is -0.150. The average Bonchev–Trinajstić information content (AvgIpc) is 1.67. The van der Waals surface area contributed by atoms with E-state index in [9.17, 15) is 94.7 Å². The summed E-state index contributed by atoms with van der Waals surface area (Å²) < 4.78 is 107. The Bertz CT molecular complexity index is 6280. The zero-order chi connectivity index (χ0) is 112. The number of hydrogen-bond acceptors (Lipinski definition) is 41. The lowest BCUT2D eigenvalue weighted by Crippen LogP contribution is -2.42. The summed E-state index contributed by atoms with van der Waals surface area (Å²) in [5.41, 5.74) is 27.9. The fourth-order valence-corrected chi connectivity index (χ4v) is 24.3. The minimum atomic E-state index is -3.51. The van der Waals surface area contributed by atoms with Crippen molar-refractivity contribution in [3.8, 4) is 0 Å². The number of hydrogen-bond donors (Lipinski definition) is 20. The van der Waals surface area contributed by atoms with Gasteiger partial charge in [0, 0.05) is 32.7 Å². The molecular formula is C84H136N35O26P5. The number of nitrogens with two attached hydrogens (primary N) is 5. The maximum absolute atomic E-state index is 13.5. The monoisotopic (exact) mass is 2210 g/mol. The SMILES string of the molecule is CC(=O)[C@@H](C)NP(=O)(COCCn1cnc2c(=O)[nH]c(N)nc21)N[C@@H](C)C(=O)OC1CCCC1.CC(=O)[C@@H](C)NP(=O)(COCCn1cnc2c(=O)[nH]c(N)nc21)N[C@H](C)C(C)=O.CC(=O)[C@@H](C)NP(=O)(COCCn1cnc2c(=O)[nH]c(N)nc21)N[C@H](C)C(C)=O.CC(=O)[C@H](C)NP(=O)(COCCn1cnc2c(=O)[nH]c(N)nc21)N[C@H](C)C(C)=O.CC(=O)[C@H](C)NP(=O)(COCCn1cnc2c(=O)[nH]c(N)nc21)N[C@H](C)C(C)=O. The molecule has 0 amide bonds. The molecule has 0 radical (unpaired) electrons. The maximum atomic E-state index is 13.5. The highest BCUT2D eigenvalue weighted by Crippen LogP contribution is 2.42. The Morgan fingerprint density at radius 1 is 0.293 bits per heavy atom. The van der Waals surface area contributed by atoms with E-state index in [4.69, 9.17) is 57.1 Å². The topological polar surface area (TPSA) is 880 Å². The van der Waals surface area contributed by atoms with Crippen LogP contribution in [0.5, 0.6) is 0 Å². The predicted octanol–water partition coefficient (Wildman–Crippen LogP) is 0.913. The standard InChI is InChI=1S/C20H32N7O6P.4C16H26N7O5P/c1-12(14(3)28)25-34(31,26-13(2)19(30)33-15-6-4-5-7-15)11-32-9-8-27-10-22-16-17(27)23-20(21)24-18(16)29;4*1-9(11(3)24)21-29(27,22-10(2)12(4)25)8-28-6-5-23-7-18-13-14(23)19-16(17)20-15(13)26/h10,12-13,15H,4-9,11H2,1-3H3,(H2,25,26,31)(H3,21,23,24,29);4*7,9-10H,5-6,8H2,1-4H3,(H2,21,22,27)(H3,17,19,20,26)/t12-,13+,34?;2*9-,10+,29?;2*9-,10-/m1..11/s1. The van der Waals surface area contributed by atoms with Crippen molar-refractivity contribution >= 4 is 181 Å². The number of ketones is 9. The number of Topliss-reactive ketones (excluding diaryl/α,β-unsaturated/α-hetero) is 9. The number of nitrogens with one attached hydrogen (secondary N) is 15. The Hall–Kier alpha value is -12.2. The molecule has 0 bridgehead atoms. The van der Waals surface area contributed by atoms with E-state index in [2.05, 4.69) is 126 Å². The number of aromatic amines is 5. The van der Waals surface area contributed by atoms with E-state index < -0.39 is 131 Å². The summed E-state index contributed by atoms with van der Waals surface area (Å²) in [5, 5.41) is 27.5. The van der Waals surface area contributed by atoms with Crippen molar-refractivity contribution in [3.63, 3.8) is 0 Å². The summed E-state index contributed by atoms with van der Waals surface area (Å²) >= 11 is 0. The van der Waals surface area contributed by atoms with Crippen molar-refractivity contribution in [3.05, 3.63) is 83.4 Å². The molecule has 828 valence electrons. The van der Waals surface area contributed by atoms with Crippen molar-refractivity contribution in [2.75, 3.05) is 93.4 Å². The molecule has 0 aliphatic heterocycles. The van der Waals surface area contributed by atoms with Gasteiger partial charge in [-0.1, -0.05) is 0 Å². The molecular weight excluding hydrogens is 2070 g/mol. The third-order valence-electron chi connectivity index (χ3n) is 22.7. The number of ether oxygens (including phenoxy) is 6. The Balaban J connectivity index is 0.000000254. The van der Waals surface area contributed by atoms with Gasteiger partial charge in [0.1, 0.15) is 95.9 Å². The van der Waals surface area contributed by atoms with Crippen LogP contribution in [-0.2, 0) is 132 Å². The lowest BCUT2D eigenvalue weighted by atomic mass is 10.3. The van der Waals surface area contributed by atoms with Crippen LogP contribution in [0.3, 0.4) is 0 Å². The normalized spacial score (nSPS) is 15.6. The summed E-state index contributed by atoms with van der Waals surface area (Å²) in [5.74, 6) is -2.40. The smallest absolute Gasteiger partial charge is 0.323 e. The molecule has 0 saturated heterocycles. The molecule has 66 heteroatoms. The van der Waals surface area contributed by atoms with E-state index in [0.717, 1.165) is 25.7 Å². The van der Waals surface area contributed by atoms with Crippen LogP contribution in [0.15, 0.2) is 55.6 Å². The highest BCUT2D eigenvalue weighted by molar-refractivity contribution is 7.61. The first-order chi connectivity index (χ1) is 70.2. The van der Waals surface area contributed by atoms with Crippen molar-refractivity contribution in [1.82, 2.24) is 148 Å². The molecule has 25 N–H and O–H groups in total. The number of fused-ring (bicyclic) bond motifs is 5. The number of esters is 1. The number of carbonyl (C=O) groups is 10. The summed E-state index contributed by atoms with van der Waals surface area (Å²) in [6.45, 7) is 30.2. The highest BCUT2D eigenvalue weighted by Gasteiger charge is 2.37. The Morgan fingerprint density at radius 3 is 0.600 bits per heavy atom. The third kappa shape index (κ3) is 38.3. The first-order valence-corrected chi connectivity index (χ1v) is 56.5. The van der Waals surface area contributed by atoms with Gasteiger partial charge in [-0.15, -0.1) is 0 Å². The fraction of sp³-hybridized carbons (Fsp3) is 0.583. The maximum Gasteiger partial charge on any atom is 0.323 e. The number of rotatable bonds is 56. The van der Waals surface area contributed by atoms with Gasteiger partial charge in [-0.3, -0.25) is 120 Å². The molecule has 1 saturated carbocycles. The lowest BCUT2D eigenvalue weighted by Gasteiger charge is -2.26. The Kier molecular flexibility index (Phi) is 47.2. The molecule has 10 heterocycles. The van der Waals surface area contributed by atoms with Crippen LogP contribution >= 0.6 is 37.2 Å². The minimum Gasteiger partial charge on any atom is -0.461 e. The molecule has 0 spiro atoms. The number of nitrogens with zero attached hydrogens (tertiary/aromatic N) is 15. The second-order valence-corrected chi connectivity index (χ2v) is 46.8. The summed E-state index contributed by atoms with van der Waals surface area (Å²) in [6.07, 6.45) is 9.48. The number of imidazole rings is 5. The van der Waals surface area contributed by atoms with Crippen molar-refractivity contribution < 1.29 is 99.2 Å². The molecule has 0 aromatic carbocycles. The number of aromatic nitrogens is 20. The zero-order valence-corrected chi connectivity index (χ0v) is 91.1. The van der Waals surface area contributed by atoms with Crippen LogP contribution in [0.2, 0.25) is 0 Å². The molecule has 11 rings (SSSR count). The van der Waals surface area contributed by atoms with Gasteiger partial charge in [-0.25, -0.2) is 75.8 Å². The molecule has 10 aromatic heterocycles. The molecule has 1 aliphatic rings. The van der Waals surface area contributed by atoms with Gasteiger partial charge in [0.15, 0.2) is 55.8 Å². The molecule has 1 aliphatic carbocycles. The number of H-pyrrole nitrogens is 5. The second-order valence-electron chi connectivity index (χ2n) is 35.5. The Morgan fingerprint density at radius 2 is 0.447 bits per heavy atom. The minimum absolute atomic E-state index is 0.0282. The van der Waals surface area contributed by atoms with Crippen LogP contribution < -0.4 is 107 Å². The van der Waals surface area contributed by atoms with Gasteiger partial charge in [0.05, 0.1) is 119 Å². The molecule has 1 fully saturated rings. The molecule has 10 aromatic rings. The fourth-order valence-electron chi connectivity index (χ4n) is 13.3. The van der Waals surface area contributed by atoms with Crippen molar-refractivity contribution in [1.29, 1.82) is 0 Å². The second kappa shape index (κ2) is 56.8. The summed E-state index contributed by atoms with van der Waals surface area (Å²) in [6, 6.07) is -6.96. The van der Waals surface area contributed by atoms with Gasteiger partial charge >= 0.3 is 5.97 Å². The van der Waals surface area contributed by atoms with Crippen molar-refractivity contribution in [2.45, 2.75) is 256 Å². The summed E-state index contributed by atoms with van der Waals surface area (Å²) in [7, 11) is -17.1. The van der Waals surface area contributed by atoms with E-state index in [0.29, 0.717) is 28.2 Å². The zero-order valence-electron chi connectivity index (χ0n) is 86.6. The van der Waals surface area contributed by atoms with Crippen molar-refractivity contribution in [2.24, 2.45) is 0 Å². The van der Waals surface area contributed by atoms with Gasteiger partial charge in [-0.05, 0) is 157 Å². The van der Waals surface area contributed by atoms with Crippen LogP contribution in [0, 0.1) is 0 Å². The van der Waals surface area contributed by atoms with E-state index in [1.165, 1.54) is 94.0 Å². The average molecular weight is 2210 g/mol. The summed E-state index contributed by atoms with van der Waals surface area (Å²) in [4.78, 5) is 228. The van der Waals surface area contributed by atoms with E-state index in [1.807, 2.05) is 0 Å². The van der Waals surface area contributed by atoms with Crippen LogP contribution in [0.1, 0.15) is 157 Å². The molecule has 3 unspecified atom stereocenters. The van der Waals surface area contributed by atoms with Crippen LogP contribution in [0.25, 0.3) is 55.8 Å². The molecule has 61 nitrogen and oxygen atoms in total. The Labute approximate surface area is 857 Å². The quantitative estimate of drug-likeness (QED) is 0.0143. The number of anilines is 5. The molecule has 150 heavy (non-hydrogen) atoms.